The van der Waals surface area contributed by atoms with Crippen LogP contribution in [0, 0.1) is 12.7 Å². The van der Waals surface area contributed by atoms with Gasteiger partial charge in [0.05, 0.1) is 5.02 Å². The van der Waals surface area contributed by atoms with E-state index in [2.05, 4.69) is 15.6 Å². The van der Waals surface area contributed by atoms with E-state index in [4.69, 9.17) is 17.3 Å². The van der Waals surface area contributed by atoms with Crippen LogP contribution in [-0.2, 0) is 0 Å². The number of nitrogens with two attached hydrogens (primary N) is 1. The topological polar surface area (TPSA) is 80.0 Å². The summed E-state index contributed by atoms with van der Waals surface area (Å²) in [4.78, 5) is 16.6. The summed E-state index contributed by atoms with van der Waals surface area (Å²) in [5.41, 5.74) is 7.97. The van der Waals surface area contributed by atoms with Gasteiger partial charge in [-0.25, -0.2) is 9.37 Å². The van der Waals surface area contributed by atoms with Crippen LogP contribution in [-0.4, -0.2) is 23.0 Å². The van der Waals surface area contributed by atoms with Crippen molar-refractivity contribution in [2.24, 2.45) is 0 Å². The molecule has 8 heteroatoms. The Morgan fingerprint density at radius 1 is 1.22 bits per heavy atom. The predicted octanol–water partition coefficient (Wildman–Crippen LogP) is 4.34. The number of aryl methyl sites for hydroxylation is 1. The summed E-state index contributed by atoms with van der Waals surface area (Å²) in [7, 11) is 0. The molecular weight excluding hydrogens is 390 g/mol. The minimum absolute atomic E-state index is 0. The summed E-state index contributed by atoms with van der Waals surface area (Å²) in [6, 6.07) is 6.25. The van der Waals surface area contributed by atoms with E-state index in [-0.39, 0.29) is 29.4 Å². The number of nitrogen functional groups attached to an aromatic ring is 1. The number of hydrogen-bond donors (Lipinski definition) is 3. The third kappa shape index (κ3) is 5.47. The Morgan fingerprint density at radius 2 is 1.89 bits per heavy atom. The van der Waals surface area contributed by atoms with Gasteiger partial charge in [0.25, 0.3) is 5.91 Å². The number of hydrogen-bond acceptors (Lipinski definition) is 4. The molecule has 0 saturated heterocycles. The number of pyridine rings is 1. The maximum absolute atomic E-state index is 13.2. The van der Waals surface area contributed by atoms with E-state index in [1.165, 1.54) is 18.2 Å². The van der Waals surface area contributed by atoms with Gasteiger partial charge in [0.1, 0.15) is 11.6 Å². The Bertz CT molecular complexity index is 810. The Kier molecular flexibility index (Phi) is 7.27. The van der Waals surface area contributed by atoms with Crippen LogP contribution in [0.3, 0.4) is 0 Å². The number of nitrogens with zero attached hydrogens (tertiary/aromatic N) is 1. The quantitative estimate of drug-likeness (QED) is 0.697. The van der Waals surface area contributed by atoms with Crippen molar-refractivity contribution in [3.8, 4) is 0 Å². The van der Waals surface area contributed by atoms with Gasteiger partial charge in [-0.3, -0.25) is 4.79 Å². The molecule has 1 aromatic carbocycles. The second kappa shape index (κ2) is 9.24. The number of halogens is 3. The fourth-order valence-corrected chi connectivity index (χ4v) is 3.30. The average molecular weight is 413 g/mol. The summed E-state index contributed by atoms with van der Waals surface area (Å²) in [5, 5.41) is 6.36. The van der Waals surface area contributed by atoms with Crippen molar-refractivity contribution < 1.29 is 9.18 Å². The van der Waals surface area contributed by atoms with Crippen LogP contribution in [0.4, 0.5) is 15.9 Å². The molecule has 4 N–H and O–H groups in total. The van der Waals surface area contributed by atoms with Crippen molar-refractivity contribution in [1.29, 1.82) is 0 Å². The number of benzene rings is 1. The Hall–Kier alpha value is -2.05. The molecule has 0 aliphatic heterocycles. The van der Waals surface area contributed by atoms with Crippen LogP contribution in [0.25, 0.3) is 0 Å². The van der Waals surface area contributed by atoms with Gasteiger partial charge in [-0.05, 0) is 56.4 Å². The normalized spacial score (nSPS) is 19.1. The molecule has 1 aromatic heterocycles. The third-order valence-corrected chi connectivity index (χ3v) is 5.03. The lowest BCUT2D eigenvalue weighted by Crippen LogP contribution is -2.40. The summed E-state index contributed by atoms with van der Waals surface area (Å²) < 4.78 is 13.2. The van der Waals surface area contributed by atoms with Crippen molar-refractivity contribution in [2.45, 2.75) is 44.7 Å². The van der Waals surface area contributed by atoms with Gasteiger partial charge in [-0.2, -0.15) is 0 Å². The van der Waals surface area contributed by atoms with Crippen molar-refractivity contribution >= 4 is 41.4 Å². The van der Waals surface area contributed by atoms with Gasteiger partial charge < -0.3 is 16.4 Å². The molecule has 1 fully saturated rings. The van der Waals surface area contributed by atoms with E-state index in [1.807, 2.05) is 13.0 Å². The van der Waals surface area contributed by atoms with Crippen LogP contribution in [0.5, 0.6) is 0 Å². The first-order chi connectivity index (χ1) is 12.4. The molecule has 3 rings (SSSR count). The number of amides is 1. The van der Waals surface area contributed by atoms with Gasteiger partial charge in [0.2, 0.25) is 0 Å². The molecule has 146 valence electrons. The van der Waals surface area contributed by atoms with E-state index in [0.29, 0.717) is 11.6 Å². The Balaban J connectivity index is 0.00000261. The minimum Gasteiger partial charge on any atom is -0.398 e. The van der Waals surface area contributed by atoms with Gasteiger partial charge in [-0.1, -0.05) is 11.6 Å². The second-order valence-corrected chi connectivity index (χ2v) is 7.13. The Labute approximate surface area is 169 Å². The number of aromatic nitrogens is 1. The van der Waals surface area contributed by atoms with Crippen LogP contribution < -0.4 is 16.4 Å². The van der Waals surface area contributed by atoms with E-state index in [0.717, 1.165) is 42.8 Å². The minimum atomic E-state index is -0.528. The smallest absolute Gasteiger partial charge is 0.251 e. The maximum Gasteiger partial charge on any atom is 0.251 e. The number of nitrogens with one attached hydrogen (secondary N) is 2. The molecule has 27 heavy (non-hydrogen) atoms. The zero-order valence-electron chi connectivity index (χ0n) is 15.0. The summed E-state index contributed by atoms with van der Waals surface area (Å²) in [6.45, 7) is 1.92. The molecule has 1 heterocycles. The van der Waals surface area contributed by atoms with E-state index >= 15 is 0 Å². The third-order valence-electron chi connectivity index (χ3n) is 4.74. The first-order valence-corrected chi connectivity index (χ1v) is 9.04. The molecule has 5 nitrogen and oxygen atoms in total. The number of carbonyl (C=O) groups excluding carboxylic acids is 1. The molecule has 1 amide bonds. The average Bonchev–Trinajstić information content (AvgIpc) is 2.62. The lowest BCUT2D eigenvalue weighted by atomic mass is 9.91. The highest BCUT2D eigenvalue weighted by Crippen LogP contribution is 2.23. The highest BCUT2D eigenvalue weighted by atomic mass is 35.5. The van der Waals surface area contributed by atoms with Gasteiger partial charge in [0, 0.05) is 35.6 Å². The highest BCUT2D eigenvalue weighted by molar-refractivity contribution is 6.31. The summed E-state index contributed by atoms with van der Waals surface area (Å²) in [5.74, 6) is 0.0259. The molecule has 0 bridgehead atoms. The number of anilines is 2. The molecule has 0 atom stereocenters. The van der Waals surface area contributed by atoms with Gasteiger partial charge in [0.15, 0.2) is 0 Å². The fourth-order valence-electron chi connectivity index (χ4n) is 3.12. The number of carbonyl (C=O) groups is 1. The van der Waals surface area contributed by atoms with Crippen LogP contribution in [0.1, 0.15) is 41.6 Å². The van der Waals surface area contributed by atoms with Crippen LogP contribution >= 0.6 is 24.0 Å². The van der Waals surface area contributed by atoms with Crippen molar-refractivity contribution in [3.63, 3.8) is 0 Å². The van der Waals surface area contributed by atoms with Gasteiger partial charge >= 0.3 is 0 Å². The molecule has 2 aromatic rings. The SMILES string of the molecule is Cc1cnc(N[C@H]2CC[C@@H](NC(=O)c3ccc(F)c(Cl)c3)CC2)cc1N.Cl. The van der Waals surface area contributed by atoms with E-state index < -0.39 is 5.82 Å². The summed E-state index contributed by atoms with van der Waals surface area (Å²) in [6.07, 6.45) is 5.33. The second-order valence-electron chi connectivity index (χ2n) is 6.72. The molecule has 1 saturated carbocycles. The lowest BCUT2D eigenvalue weighted by molar-refractivity contribution is 0.0926. The molecule has 0 radical (unpaired) electrons. The molecule has 0 spiro atoms. The summed E-state index contributed by atoms with van der Waals surface area (Å²) >= 11 is 5.74. The maximum atomic E-state index is 13.2. The largest absolute Gasteiger partial charge is 0.398 e. The van der Waals surface area contributed by atoms with Crippen LogP contribution in [0.2, 0.25) is 5.02 Å². The molecule has 1 aliphatic carbocycles. The lowest BCUT2D eigenvalue weighted by Gasteiger charge is -2.30. The van der Waals surface area contributed by atoms with Crippen molar-refractivity contribution in [1.82, 2.24) is 10.3 Å². The van der Waals surface area contributed by atoms with Crippen LogP contribution in [0.15, 0.2) is 30.5 Å². The zero-order chi connectivity index (χ0) is 18.7. The standard InChI is InChI=1S/C19H22ClFN4O.ClH/c1-11-10-23-18(9-17(11)22)24-13-3-5-14(6-4-13)25-19(26)12-2-7-16(21)15(20)8-12;/h2,7-10,13-14H,3-6H2,1H3,(H,25,26)(H3,22,23,24);1H/t13-,14+;. The molecular formula is C19H23Cl2FN4O. The Morgan fingerprint density at radius 3 is 2.52 bits per heavy atom. The highest BCUT2D eigenvalue weighted by Gasteiger charge is 2.23. The zero-order valence-corrected chi connectivity index (χ0v) is 16.5. The monoisotopic (exact) mass is 412 g/mol. The predicted molar refractivity (Wildman–Crippen MR) is 109 cm³/mol. The number of rotatable bonds is 4. The van der Waals surface area contributed by atoms with Crippen molar-refractivity contribution in [2.75, 3.05) is 11.1 Å². The van der Waals surface area contributed by atoms with E-state index in [9.17, 15) is 9.18 Å². The van der Waals surface area contributed by atoms with Gasteiger partial charge in [-0.15, -0.1) is 12.4 Å². The molecule has 0 unspecified atom stereocenters. The van der Waals surface area contributed by atoms with E-state index in [1.54, 1.807) is 6.20 Å². The first kappa shape index (κ1) is 21.3. The first-order valence-electron chi connectivity index (χ1n) is 8.67. The van der Waals surface area contributed by atoms with Crippen molar-refractivity contribution in [3.05, 3.63) is 52.4 Å². The molecule has 1 aliphatic rings. The fraction of sp³-hybridized carbons (Fsp3) is 0.368.